The first-order valence-electron chi connectivity index (χ1n) is 3.76. The fraction of sp³-hybridized carbons (Fsp3) is 0.444. The second-order valence-electron chi connectivity index (χ2n) is 3.64. The Morgan fingerprint density at radius 1 is 1.25 bits per heavy atom. The molecule has 0 aliphatic rings. The molecule has 62 valence electrons. The van der Waals surface area contributed by atoms with Gasteiger partial charge in [0.1, 0.15) is 0 Å². The van der Waals surface area contributed by atoms with Gasteiger partial charge in [-0.2, -0.15) is 0 Å². The maximum Gasteiger partial charge on any atom is 0.296 e. The van der Waals surface area contributed by atoms with Crippen molar-refractivity contribution >= 4 is 5.82 Å². The van der Waals surface area contributed by atoms with Gasteiger partial charge in [-0.3, -0.25) is 0 Å². The molecule has 1 aromatic rings. The van der Waals surface area contributed by atoms with Gasteiger partial charge in [0.25, 0.3) is 5.82 Å². The topological polar surface area (TPSA) is 30.1 Å². The Morgan fingerprint density at radius 2 is 1.92 bits per heavy atom. The van der Waals surface area contributed by atoms with Gasteiger partial charge < -0.3 is 4.85 Å². The Labute approximate surface area is 72.3 Å². The normalized spacial score (nSPS) is 10.8. The molecule has 0 amide bonds. The summed E-state index contributed by atoms with van der Waals surface area (Å²) in [6.45, 7) is 12.9. The summed E-state index contributed by atoms with van der Waals surface area (Å²) < 4.78 is 0. The third-order valence-electron chi connectivity index (χ3n) is 1.53. The third kappa shape index (κ3) is 1.79. The smallest absolute Gasteiger partial charge is 0.296 e. The van der Waals surface area contributed by atoms with Gasteiger partial charge in [-0.1, -0.05) is 32.4 Å². The molecule has 12 heavy (non-hydrogen) atoms. The van der Waals surface area contributed by atoms with Gasteiger partial charge >= 0.3 is 0 Å². The molecule has 0 unspecified atom stereocenters. The summed E-state index contributed by atoms with van der Waals surface area (Å²) in [6, 6.07) is 3.54. The summed E-state index contributed by atoms with van der Waals surface area (Å²) in [7, 11) is 0. The van der Waals surface area contributed by atoms with Crippen molar-refractivity contribution in [3.05, 3.63) is 29.2 Å². The van der Waals surface area contributed by atoms with E-state index in [4.69, 9.17) is 6.57 Å². The first-order valence-corrected chi connectivity index (χ1v) is 3.76. The van der Waals surface area contributed by atoms with E-state index in [0.29, 0.717) is 5.82 Å². The van der Waals surface area contributed by atoms with Crippen LogP contribution in [-0.2, 0) is 5.41 Å². The van der Waals surface area contributed by atoms with Crippen LogP contribution in [0.15, 0.2) is 12.1 Å². The molecule has 0 aliphatic heterocycles. The van der Waals surface area contributed by atoms with Crippen LogP contribution in [0.25, 0.3) is 4.85 Å². The predicted molar refractivity (Wildman–Crippen MR) is 47.0 cm³/mol. The molecule has 0 radical (unpaired) electrons. The van der Waals surface area contributed by atoms with Crippen LogP contribution in [0.3, 0.4) is 0 Å². The van der Waals surface area contributed by atoms with Crippen molar-refractivity contribution in [3.63, 3.8) is 0 Å². The van der Waals surface area contributed by atoms with E-state index in [1.54, 1.807) is 6.07 Å². The lowest BCUT2D eigenvalue weighted by Crippen LogP contribution is -2.13. The van der Waals surface area contributed by atoms with E-state index in [9.17, 15) is 0 Å². The van der Waals surface area contributed by atoms with Gasteiger partial charge in [0.2, 0.25) is 0 Å². The van der Waals surface area contributed by atoms with E-state index in [2.05, 4.69) is 35.8 Å². The molecule has 1 rings (SSSR count). The molecule has 1 aromatic heterocycles. The van der Waals surface area contributed by atoms with Gasteiger partial charge in [-0.25, -0.2) is 0 Å². The van der Waals surface area contributed by atoms with E-state index in [-0.39, 0.29) is 5.41 Å². The molecule has 0 saturated heterocycles. The number of rotatable bonds is 0. The second kappa shape index (κ2) is 2.90. The summed E-state index contributed by atoms with van der Waals surface area (Å²) in [6.07, 6.45) is 0. The van der Waals surface area contributed by atoms with Gasteiger partial charge in [0.15, 0.2) is 0 Å². The molecule has 1 heterocycles. The van der Waals surface area contributed by atoms with Crippen LogP contribution in [0.5, 0.6) is 0 Å². The number of aromatic nitrogens is 2. The van der Waals surface area contributed by atoms with Crippen molar-refractivity contribution in [2.24, 2.45) is 0 Å². The minimum atomic E-state index is 0.00750. The average molecular weight is 161 g/mol. The van der Waals surface area contributed by atoms with Crippen LogP contribution in [-0.4, -0.2) is 10.2 Å². The minimum Gasteiger partial charge on any atom is -0.359 e. The molecule has 0 N–H and O–H groups in total. The van der Waals surface area contributed by atoms with Crippen molar-refractivity contribution in [2.75, 3.05) is 0 Å². The largest absolute Gasteiger partial charge is 0.359 e. The van der Waals surface area contributed by atoms with E-state index in [1.807, 2.05) is 6.07 Å². The molecule has 0 aliphatic carbocycles. The van der Waals surface area contributed by atoms with Crippen LogP contribution >= 0.6 is 0 Å². The quantitative estimate of drug-likeness (QED) is 0.546. The molecule has 0 atom stereocenters. The zero-order valence-electron chi connectivity index (χ0n) is 7.50. The van der Waals surface area contributed by atoms with Crippen LogP contribution in [0.2, 0.25) is 0 Å². The molecule has 0 fully saturated rings. The summed E-state index contributed by atoms with van der Waals surface area (Å²) >= 11 is 0. The highest BCUT2D eigenvalue weighted by Gasteiger charge is 2.16. The SMILES string of the molecule is [C-]#[N+]c1ccc(C(C)(C)C)nn1. The lowest BCUT2D eigenvalue weighted by molar-refractivity contribution is 0.559. The van der Waals surface area contributed by atoms with Crippen molar-refractivity contribution in [2.45, 2.75) is 26.2 Å². The first kappa shape index (κ1) is 8.66. The first-order chi connectivity index (χ1) is 5.54. The summed E-state index contributed by atoms with van der Waals surface area (Å²) in [4.78, 5) is 3.17. The van der Waals surface area contributed by atoms with Gasteiger partial charge in [-0.15, -0.1) is 0 Å². The van der Waals surface area contributed by atoms with E-state index >= 15 is 0 Å². The van der Waals surface area contributed by atoms with Gasteiger partial charge in [0.05, 0.1) is 5.69 Å². The van der Waals surface area contributed by atoms with Crippen LogP contribution in [0, 0.1) is 6.57 Å². The Morgan fingerprint density at radius 3 is 2.25 bits per heavy atom. The second-order valence-corrected chi connectivity index (χ2v) is 3.64. The minimum absolute atomic E-state index is 0.00750. The molecular formula is C9H11N3. The van der Waals surface area contributed by atoms with Crippen molar-refractivity contribution in [3.8, 4) is 0 Å². The lowest BCUT2D eigenvalue weighted by Gasteiger charge is -2.14. The zero-order chi connectivity index (χ0) is 9.19. The summed E-state index contributed by atoms with van der Waals surface area (Å²) in [5.41, 5.74) is 0.919. The number of hydrogen-bond acceptors (Lipinski definition) is 2. The van der Waals surface area contributed by atoms with Crippen molar-refractivity contribution in [1.29, 1.82) is 0 Å². The van der Waals surface area contributed by atoms with Crippen molar-refractivity contribution in [1.82, 2.24) is 10.2 Å². The summed E-state index contributed by atoms with van der Waals surface area (Å²) in [5.74, 6) is 0.350. The van der Waals surface area contributed by atoms with Crippen LogP contribution in [0.4, 0.5) is 5.82 Å². The molecule has 3 heteroatoms. The molecule has 0 bridgehead atoms. The average Bonchev–Trinajstić information content (AvgIpc) is 2.03. The third-order valence-corrected chi connectivity index (χ3v) is 1.53. The highest BCUT2D eigenvalue weighted by molar-refractivity contribution is 5.34. The summed E-state index contributed by atoms with van der Waals surface area (Å²) in [5, 5.41) is 7.72. The molecule has 0 spiro atoms. The highest BCUT2D eigenvalue weighted by Crippen LogP contribution is 2.19. The number of nitrogens with zero attached hydrogens (tertiary/aromatic N) is 3. The van der Waals surface area contributed by atoms with Crippen molar-refractivity contribution < 1.29 is 0 Å². The fourth-order valence-electron chi connectivity index (χ4n) is 0.785. The maximum atomic E-state index is 6.69. The fourth-order valence-corrected chi connectivity index (χ4v) is 0.785. The van der Waals surface area contributed by atoms with Crippen LogP contribution < -0.4 is 0 Å². The molecule has 3 nitrogen and oxygen atoms in total. The van der Waals surface area contributed by atoms with E-state index in [0.717, 1.165) is 5.69 Å². The Hall–Kier alpha value is -1.43. The monoisotopic (exact) mass is 161 g/mol. The molecule has 0 aromatic carbocycles. The zero-order valence-corrected chi connectivity index (χ0v) is 7.50. The Balaban J connectivity index is 3.02. The van der Waals surface area contributed by atoms with Gasteiger partial charge in [0, 0.05) is 5.41 Å². The Bertz CT molecular complexity index is 300. The standard InChI is InChI=1S/C9H11N3/c1-9(2,3)7-5-6-8(10-4)12-11-7/h5-6H,1-3H3. The van der Waals surface area contributed by atoms with Gasteiger partial charge in [-0.05, 0) is 17.2 Å². The Kier molecular flexibility index (Phi) is 2.09. The van der Waals surface area contributed by atoms with E-state index in [1.165, 1.54) is 0 Å². The van der Waals surface area contributed by atoms with Crippen LogP contribution in [0.1, 0.15) is 26.5 Å². The van der Waals surface area contributed by atoms with E-state index < -0.39 is 0 Å². The maximum absolute atomic E-state index is 6.69. The lowest BCUT2D eigenvalue weighted by atomic mass is 9.92. The molecular weight excluding hydrogens is 150 g/mol. The predicted octanol–water partition coefficient (Wildman–Crippen LogP) is 2.32. The highest BCUT2D eigenvalue weighted by atomic mass is 15.1. The molecule has 0 saturated carbocycles. The number of hydrogen-bond donors (Lipinski definition) is 0.